The van der Waals surface area contributed by atoms with Crippen LogP contribution in [0.4, 0.5) is 0 Å². The van der Waals surface area contributed by atoms with E-state index >= 15 is 0 Å². The molecule has 590 valence electrons. The van der Waals surface area contributed by atoms with Crippen molar-refractivity contribution in [3.05, 3.63) is 170 Å². The van der Waals surface area contributed by atoms with Gasteiger partial charge in [-0.15, -0.1) is 0 Å². The molecule has 17 nitrogen and oxygen atoms in total. The summed E-state index contributed by atoms with van der Waals surface area (Å²) in [5.41, 5.74) is 0. The highest BCUT2D eigenvalue weighted by atomic mass is 31.2. The zero-order chi connectivity index (χ0) is 76.0. The third kappa shape index (κ3) is 74.7. The van der Waals surface area contributed by atoms with Crippen molar-refractivity contribution in [3.8, 4) is 0 Å². The molecule has 0 heterocycles. The Hall–Kier alpha value is -5.58. The highest BCUT2D eigenvalue weighted by Gasteiger charge is 2.30. The van der Waals surface area contributed by atoms with E-state index in [-0.39, 0.29) is 25.7 Å². The smallest absolute Gasteiger partial charge is 0.462 e. The molecule has 3 N–H and O–H groups in total. The van der Waals surface area contributed by atoms with Crippen molar-refractivity contribution >= 4 is 39.5 Å². The molecule has 0 rings (SSSR count). The van der Waals surface area contributed by atoms with E-state index in [0.717, 1.165) is 167 Å². The number of phosphoric ester groups is 2. The minimum atomic E-state index is -5.01. The average Bonchev–Trinajstić information content (AvgIpc) is 0.910. The Labute approximate surface area is 629 Å². The van der Waals surface area contributed by atoms with Crippen LogP contribution in [0, 0.1) is 0 Å². The van der Waals surface area contributed by atoms with Gasteiger partial charge in [-0.1, -0.05) is 268 Å². The molecule has 5 atom stereocenters. The van der Waals surface area contributed by atoms with Crippen molar-refractivity contribution in [2.45, 2.75) is 303 Å². The monoisotopic (exact) mass is 1490 g/mol. The first-order valence-electron chi connectivity index (χ1n) is 39.4. The molecule has 5 unspecified atom stereocenters. The normalized spacial score (nSPS) is 14.8. The first kappa shape index (κ1) is 98.4. The van der Waals surface area contributed by atoms with Gasteiger partial charge in [0.1, 0.15) is 19.3 Å². The first-order valence-corrected chi connectivity index (χ1v) is 42.4. The fourth-order valence-electron chi connectivity index (χ4n) is 9.77. The lowest BCUT2D eigenvalue weighted by molar-refractivity contribution is -0.161. The summed E-state index contributed by atoms with van der Waals surface area (Å²) < 4.78 is 68.4. The fourth-order valence-corrected chi connectivity index (χ4v) is 11.3. The SMILES string of the molecule is CC/C=C\C/C=C\C/C=C\C/C=C\C/C=C\CCCC(=O)OCC(COP(=O)(O)OCC(O)COP(=O)(O)OCC(COC(=O)CCCCCCCCC/C=C\C/C=C\C/C=C\CC)OC(=O)CCCCCCC/C=C\CCCCCC)OC(=O)CCC/C=C\C/C=C\C/C=C\C/C=C\C/C=C\CC. The van der Waals surface area contributed by atoms with Gasteiger partial charge >= 0.3 is 39.5 Å². The number of carbonyl (C=O) groups is 4. The second kappa shape index (κ2) is 75.6. The van der Waals surface area contributed by atoms with E-state index in [1.54, 1.807) is 0 Å². The van der Waals surface area contributed by atoms with Gasteiger partial charge in [0.05, 0.1) is 26.4 Å². The number of phosphoric acid groups is 2. The third-order valence-corrected chi connectivity index (χ3v) is 17.6. The van der Waals surface area contributed by atoms with Crippen molar-refractivity contribution in [2.24, 2.45) is 0 Å². The summed E-state index contributed by atoms with van der Waals surface area (Å²) >= 11 is 0. The van der Waals surface area contributed by atoms with E-state index in [1.807, 2.05) is 24.3 Å². The largest absolute Gasteiger partial charge is 0.472 e. The minimum absolute atomic E-state index is 0.00198. The number of aliphatic hydroxyl groups excluding tert-OH is 1. The molecule has 0 bridgehead atoms. The topological polar surface area (TPSA) is 237 Å². The number of ether oxygens (including phenoxy) is 4. The average molecular weight is 1490 g/mol. The number of rotatable bonds is 72. The summed E-state index contributed by atoms with van der Waals surface area (Å²) in [5.74, 6) is -2.34. The van der Waals surface area contributed by atoms with E-state index < -0.39 is 97.5 Å². The number of unbranched alkanes of at least 4 members (excludes halogenated alkanes) is 18. The third-order valence-electron chi connectivity index (χ3n) is 15.7. The molecular formula is C85H138O17P2. The number of allylic oxidation sites excluding steroid dienone is 28. The molecule has 0 aromatic rings. The maximum Gasteiger partial charge on any atom is 0.472 e. The van der Waals surface area contributed by atoms with Crippen LogP contribution >= 0.6 is 15.6 Å². The first-order chi connectivity index (χ1) is 50.7. The van der Waals surface area contributed by atoms with E-state index in [4.69, 9.17) is 37.0 Å². The molecule has 0 aromatic heterocycles. The van der Waals surface area contributed by atoms with Crippen LogP contribution in [0.25, 0.3) is 0 Å². The lowest BCUT2D eigenvalue weighted by Gasteiger charge is -2.21. The second-order valence-corrected chi connectivity index (χ2v) is 28.4. The van der Waals surface area contributed by atoms with Crippen molar-refractivity contribution in [2.75, 3.05) is 39.6 Å². The quantitative estimate of drug-likeness (QED) is 0.0169. The van der Waals surface area contributed by atoms with Crippen LogP contribution in [0.3, 0.4) is 0 Å². The molecule has 0 aliphatic carbocycles. The molecule has 0 aliphatic heterocycles. The van der Waals surface area contributed by atoms with Crippen LogP contribution in [-0.2, 0) is 65.4 Å². The standard InChI is InChI=1S/C85H138O17P2/c1-5-9-13-17-21-25-29-33-36-39-42-46-49-53-57-61-65-69-82(87)95-75-80(101-84(89)71-67-63-59-55-51-45-32-28-24-20-16-12-8-4)77-99-103(91,92)97-73-79(86)74-98-104(93,94)100-78-81(102-85(90)72-68-64-60-56-52-48-44-41-38-35-31-27-23-19-15-11-7-3)76-96-83(88)70-66-62-58-54-50-47-43-40-37-34-30-26-22-18-14-10-6-2/h9-11,13-15,21-23,25-28,32-38,43-44,47-48,54,56,58,60,79-81,86H,5-8,12,16-20,24,29-31,39-42,45-46,49-53,55,57,59,61-78H2,1-4H3,(H,91,92)(H,93,94)/b13-9-,14-10-,15-11-,25-21-,26-22-,27-23-,32-28-,36-33-,37-34-,38-35-,47-43-,48-44-,58-54-,60-56-. The predicted octanol–water partition coefficient (Wildman–Crippen LogP) is 23.0. The highest BCUT2D eigenvalue weighted by Crippen LogP contribution is 2.45. The van der Waals surface area contributed by atoms with Gasteiger partial charge in [-0.3, -0.25) is 37.3 Å². The number of hydrogen-bond acceptors (Lipinski definition) is 15. The van der Waals surface area contributed by atoms with Gasteiger partial charge in [-0.25, -0.2) is 9.13 Å². The van der Waals surface area contributed by atoms with E-state index in [9.17, 15) is 43.2 Å². The number of esters is 4. The zero-order valence-corrected chi connectivity index (χ0v) is 66.2. The van der Waals surface area contributed by atoms with Gasteiger partial charge in [-0.2, -0.15) is 0 Å². The minimum Gasteiger partial charge on any atom is -0.462 e. The molecule has 0 spiro atoms. The summed E-state index contributed by atoms with van der Waals surface area (Å²) in [7, 11) is -10.0. The lowest BCUT2D eigenvalue weighted by Crippen LogP contribution is -2.30. The van der Waals surface area contributed by atoms with Crippen LogP contribution in [0.1, 0.15) is 285 Å². The molecule has 0 saturated heterocycles. The van der Waals surface area contributed by atoms with Crippen molar-refractivity contribution in [3.63, 3.8) is 0 Å². The molecular weight excluding hydrogens is 1350 g/mol. The number of hydrogen-bond donors (Lipinski definition) is 3. The molecule has 0 aliphatic rings. The summed E-state index contributed by atoms with van der Waals surface area (Å²) in [6, 6.07) is 0. The Morgan fingerprint density at radius 3 is 0.827 bits per heavy atom. The van der Waals surface area contributed by atoms with Gasteiger partial charge in [0.25, 0.3) is 0 Å². The fraction of sp³-hybridized carbons (Fsp3) is 0.624. The Morgan fingerprint density at radius 1 is 0.279 bits per heavy atom. The summed E-state index contributed by atoms with van der Waals surface area (Å²) in [6.07, 6.45) is 89.2. The summed E-state index contributed by atoms with van der Waals surface area (Å²) in [5, 5.41) is 10.6. The van der Waals surface area contributed by atoms with Crippen molar-refractivity contribution < 1.29 is 80.2 Å². The molecule has 0 fully saturated rings. The van der Waals surface area contributed by atoms with Gasteiger partial charge < -0.3 is 33.8 Å². The Kier molecular flexibility index (Phi) is 71.6. The second-order valence-electron chi connectivity index (χ2n) is 25.5. The van der Waals surface area contributed by atoms with Crippen LogP contribution in [0.2, 0.25) is 0 Å². The Balaban J connectivity index is 5.48. The van der Waals surface area contributed by atoms with E-state index in [0.29, 0.717) is 38.5 Å². The van der Waals surface area contributed by atoms with Crippen LogP contribution in [0.5, 0.6) is 0 Å². The molecule has 0 saturated carbocycles. The molecule has 19 heteroatoms. The molecule has 0 aromatic carbocycles. The van der Waals surface area contributed by atoms with Crippen LogP contribution in [-0.4, -0.2) is 96.7 Å². The highest BCUT2D eigenvalue weighted by molar-refractivity contribution is 7.47. The summed E-state index contributed by atoms with van der Waals surface area (Å²) in [6.45, 7) is 4.35. The zero-order valence-electron chi connectivity index (χ0n) is 64.4. The summed E-state index contributed by atoms with van der Waals surface area (Å²) in [4.78, 5) is 73.0. The maximum atomic E-state index is 13.1. The number of aliphatic hydroxyl groups is 1. The number of carbonyl (C=O) groups excluding carboxylic acids is 4. The van der Waals surface area contributed by atoms with Gasteiger partial charge in [-0.05, 0) is 161 Å². The van der Waals surface area contributed by atoms with Crippen LogP contribution < -0.4 is 0 Å². The van der Waals surface area contributed by atoms with Crippen molar-refractivity contribution in [1.29, 1.82) is 0 Å². The molecule has 0 radical (unpaired) electrons. The molecule has 0 amide bonds. The Morgan fingerprint density at radius 2 is 0.510 bits per heavy atom. The van der Waals surface area contributed by atoms with Crippen LogP contribution in [0.15, 0.2) is 170 Å². The maximum absolute atomic E-state index is 13.1. The lowest BCUT2D eigenvalue weighted by atomic mass is 10.1. The van der Waals surface area contributed by atoms with E-state index in [1.165, 1.54) is 25.7 Å². The van der Waals surface area contributed by atoms with E-state index in [2.05, 4.69) is 174 Å². The predicted molar refractivity (Wildman–Crippen MR) is 426 cm³/mol. The van der Waals surface area contributed by atoms with Crippen molar-refractivity contribution in [1.82, 2.24) is 0 Å². The molecule has 104 heavy (non-hydrogen) atoms. The van der Waals surface area contributed by atoms with Gasteiger partial charge in [0.2, 0.25) is 0 Å². The van der Waals surface area contributed by atoms with Gasteiger partial charge in [0, 0.05) is 25.7 Å². The Bertz CT molecular complexity index is 2640. The van der Waals surface area contributed by atoms with Gasteiger partial charge in [0.15, 0.2) is 12.2 Å².